The lowest BCUT2D eigenvalue weighted by atomic mass is 10.0. The van der Waals surface area contributed by atoms with Crippen molar-refractivity contribution in [3.8, 4) is 0 Å². The van der Waals surface area contributed by atoms with Crippen LogP contribution in [0.4, 0.5) is 4.79 Å². The van der Waals surface area contributed by atoms with Crippen LogP contribution in [0.25, 0.3) is 10.8 Å². The van der Waals surface area contributed by atoms with Gasteiger partial charge in [-0.2, -0.15) is 0 Å². The molecule has 1 aliphatic rings. The molecule has 0 aliphatic carbocycles. The van der Waals surface area contributed by atoms with Gasteiger partial charge in [0.15, 0.2) is 0 Å². The first-order valence-electron chi connectivity index (χ1n) is 9.20. The molecule has 1 saturated heterocycles. The van der Waals surface area contributed by atoms with Gasteiger partial charge < -0.3 is 10.1 Å². The lowest BCUT2D eigenvalue weighted by Crippen LogP contribution is -2.48. The van der Waals surface area contributed by atoms with Gasteiger partial charge in [0.1, 0.15) is 5.60 Å². The Morgan fingerprint density at radius 2 is 1.96 bits per heavy atom. The predicted octanol–water partition coefficient (Wildman–Crippen LogP) is 5.09. The van der Waals surface area contributed by atoms with E-state index in [9.17, 15) is 4.79 Å². The quantitative estimate of drug-likeness (QED) is 0.754. The van der Waals surface area contributed by atoms with Crippen LogP contribution in [0.15, 0.2) is 40.9 Å². The highest BCUT2D eigenvalue weighted by Crippen LogP contribution is 2.28. The number of carbonyl (C=O) groups is 1. The summed E-state index contributed by atoms with van der Waals surface area (Å²) >= 11 is 3.64. The van der Waals surface area contributed by atoms with Gasteiger partial charge in [0.25, 0.3) is 0 Å². The molecule has 26 heavy (non-hydrogen) atoms. The summed E-state index contributed by atoms with van der Waals surface area (Å²) in [6.07, 6.45) is 1.75. The normalized spacial score (nSPS) is 18.7. The molecule has 0 aromatic heterocycles. The molecule has 2 aromatic rings. The first kappa shape index (κ1) is 19.2. The van der Waals surface area contributed by atoms with E-state index >= 15 is 0 Å². The Hall–Kier alpha value is -1.59. The third-order valence-corrected chi connectivity index (χ3v) is 5.27. The number of halogens is 1. The number of nitrogens with one attached hydrogen (secondary N) is 1. The molecular weight excluding hydrogens is 392 g/mol. The first-order chi connectivity index (χ1) is 12.3. The lowest BCUT2D eigenvalue weighted by molar-refractivity contribution is 0.0470. The number of piperidine rings is 1. The summed E-state index contributed by atoms with van der Waals surface area (Å²) in [5.41, 5.74) is 0.858. The van der Waals surface area contributed by atoms with E-state index in [1.54, 1.807) is 0 Å². The second-order valence-corrected chi connectivity index (χ2v) is 8.83. The van der Waals surface area contributed by atoms with E-state index < -0.39 is 5.60 Å². The number of alkyl carbamates (subject to hydrolysis) is 1. The topological polar surface area (TPSA) is 41.6 Å². The summed E-state index contributed by atoms with van der Waals surface area (Å²) in [6.45, 7) is 8.45. The number of amides is 1. The zero-order valence-corrected chi connectivity index (χ0v) is 17.3. The molecular formula is C21H27BrN2O2. The van der Waals surface area contributed by atoms with Crippen LogP contribution in [0.3, 0.4) is 0 Å². The third-order valence-electron chi connectivity index (χ3n) is 4.58. The minimum Gasteiger partial charge on any atom is -0.444 e. The zero-order chi connectivity index (χ0) is 18.7. The minimum atomic E-state index is -0.464. The zero-order valence-electron chi connectivity index (χ0n) is 15.7. The SMILES string of the molecule is CC(C)(C)OC(=O)N[C@@H]1CCCN(Cc2ccc(Br)c3ccccc23)C1. The van der Waals surface area contributed by atoms with Crippen LogP contribution in [0.2, 0.25) is 0 Å². The van der Waals surface area contributed by atoms with Crippen molar-refractivity contribution in [2.24, 2.45) is 0 Å². The molecule has 140 valence electrons. The van der Waals surface area contributed by atoms with Gasteiger partial charge in [0, 0.05) is 23.6 Å². The number of ether oxygens (including phenoxy) is 1. The molecule has 2 aromatic carbocycles. The molecule has 1 aliphatic heterocycles. The number of nitrogens with zero attached hydrogens (tertiary/aromatic N) is 1. The van der Waals surface area contributed by atoms with Crippen molar-refractivity contribution >= 4 is 32.8 Å². The van der Waals surface area contributed by atoms with E-state index in [0.29, 0.717) is 0 Å². The van der Waals surface area contributed by atoms with E-state index in [1.807, 2.05) is 20.8 Å². The van der Waals surface area contributed by atoms with Gasteiger partial charge in [-0.25, -0.2) is 4.79 Å². The van der Waals surface area contributed by atoms with E-state index in [1.165, 1.54) is 16.3 Å². The maximum atomic E-state index is 12.0. The molecule has 3 rings (SSSR count). The fourth-order valence-corrected chi connectivity index (χ4v) is 3.97. The molecule has 1 fully saturated rings. The Balaban J connectivity index is 1.66. The molecule has 0 radical (unpaired) electrons. The highest BCUT2D eigenvalue weighted by Gasteiger charge is 2.24. The highest BCUT2D eigenvalue weighted by atomic mass is 79.9. The minimum absolute atomic E-state index is 0.139. The van der Waals surface area contributed by atoms with Gasteiger partial charge in [-0.1, -0.05) is 46.3 Å². The molecule has 1 atom stereocenters. The molecule has 1 amide bonds. The van der Waals surface area contributed by atoms with Gasteiger partial charge in [-0.15, -0.1) is 0 Å². The van der Waals surface area contributed by atoms with Gasteiger partial charge >= 0.3 is 6.09 Å². The highest BCUT2D eigenvalue weighted by molar-refractivity contribution is 9.10. The Labute approximate surface area is 164 Å². The maximum absolute atomic E-state index is 12.0. The van der Waals surface area contributed by atoms with Crippen LogP contribution >= 0.6 is 15.9 Å². The monoisotopic (exact) mass is 418 g/mol. The van der Waals surface area contributed by atoms with Crippen molar-refractivity contribution in [1.29, 1.82) is 0 Å². The number of fused-ring (bicyclic) bond motifs is 1. The Morgan fingerprint density at radius 1 is 1.23 bits per heavy atom. The fraction of sp³-hybridized carbons (Fsp3) is 0.476. The van der Waals surface area contributed by atoms with Crippen molar-refractivity contribution in [1.82, 2.24) is 10.2 Å². The van der Waals surface area contributed by atoms with Crippen molar-refractivity contribution in [2.45, 2.75) is 51.8 Å². The smallest absolute Gasteiger partial charge is 0.407 e. The van der Waals surface area contributed by atoms with Crippen LogP contribution in [-0.4, -0.2) is 35.7 Å². The Bertz CT molecular complexity index is 785. The van der Waals surface area contributed by atoms with E-state index in [0.717, 1.165) is 36.9 Å². The number of rotatable bonds is 3. The summed E-state index contributed by atoms with van der Waals surface area (Å²) in [6, 6.07) is 12.9. The third kappa shape index (κ3) is 4.98. The van der Waals surface area contributed by atoms with E-state index in [2.05, 4.69) is 62.5 Å². The summed E-state index contributed by atoms with van der Waals surface area (Å²) in [4.78, 5) is 14.5. The summed E-state index contributed by atoms with van der Waals surface area (Å²) in [7, 11) is 0. The number of hydrogen-bond donors (Lipinski definition) is 1. The summed E-state index contributed by atoms with van der Waals surface area (Å²) in [5.74, 6) is 0. The largest absolute Gasteiger partial charge is 0.444 e. The van der Waals surface area contributed by atoms with Crippen molar-refractivity contribution in [3.63, 3.8) is 0 Å². The standard InChI is InChI=1S/C21H27BrN2O2/c1-21(2,3)26-20(25)23-16-7-6-12-24(14-16)13-15-10-11-19(22)18-9-5-4-8-17(15)18/h4-5,8-11,16H,6-7,12-14H2,1-3H3,(H,23,25)/t16-/m1/s1. The molecule has 0 saturated carbocycles. The molecule has 1 heterocycles. The van der Waals surface area contributed by atoms with Gasteiger partial charge in [0.05, 0.1) is 0 Å². The average molecular weight is 419 g/mol. The number of likely N-dealkylation sites (tertiary alicyclic amines) is 1. The van der Waals surface area contributed by atoms with Gasteiger partial charge in [-0.3, -0.25) is 4.90 Å². The second kappa shape index (κ2) is 7.97. The van der Waals surface area contributed by atoms with Crippen LogP contribution in [0, 0.1) is 0 Å². The molecule has 0 unspecified atom stereocenters. The summed E-state index contributed by atoms with van der Waals surface area (Å²) in [5, 5.41) is 5.55. The Kier molecular flexibility index (Phi) is 5.88. The molecule has 0 spiro atoms. The molecule has 1 N–H and O–H groups in total. The van der Waals surface area contributed by atoms with Crippen LogP contribution in [0.1, 0.15) is 39.2 Å². The van der Waals surface area contributed by atoms with Crippen LogP contribution < -0.4 is 5.32 Å². The molecule has 5 heteroatoms. The predicted molar refractivity (Wildman–Crippen MR) is 109 cm³/mol. The average Bonchev–Trinajstić information content (AvgIpc) is 2.56. The summed E-state index contributed by atoms with van der Waals surface area (Å²) < 4.78 is 6.52. The Morgan fingerprint density at radius 3 is 2.69 bits per heavy atom. The van der Waals surface area contributed by atoms with Crippen LogP contribution in [-0.2, 0) is 11.3 Å². The number of hydrogen-bond acceptors (Lipinski definition) is 3. The van der Waals surface area contributed by atoms with Crippen molar-refractivity contribution in [3.05, 3.63) is 46.4 Å². The van der Waals surface area contributed by atoms with Crippen LogP contribution in [0.5, 0.6) is 0 Å². The lowest BCUT2D eigenvalue weighted by Gasteiger charge is -2.33. The fourth-order valence-electron chi connectivity index (χ4n) is 3.49. The van der Waals surface area contributed by atoms with Gasteiger partial charge in [0.2, 0.25) is 0 Å². The van der Waals surface area contributed by atoms with Crippen molar-refractivity contribution < 1.29 is 9.53 Å². The van der Waals surface area contributed by atoms with Gasteiger partial charge in [-0.05, 0) is 62.6 Å². The second-order valence-electron chi connectivity index (χ2n) is 7.97. The number of carbonyl (C=O) groups excluding carboxylic acids is 1. The number of benzene rings is 2. The molecule has 4 nitrogen and oxygen atoms in total. The van der Waals surface area contributed by atoms with E-state index in [4.69, 9.17) is 4.74 Å². The first-order valence-corrected chi connectivity index (χ1v) is 9.99. The maximum Gasteiger partial charge on any atom is 0.407 e. The van der Waals surface area contributed by atoms with E-state index in [-0.39, 0.29) is 12.1 Å². The molecule has 0 bridgehead atoms. The van der Waals surface area contributed by atoms with Crippen molar-refractivity contribution in [2.75, 3.05) is 13.1 Å².